The number of thiazole rings is 1. The van der Waals surface area contributed by atoms with Gasteiger partial charge in [-0.25, -0.2) is 4.98 Å². The molecule has 120 valence electrons. The zero-order valence-electron chi connectivity index (χ0n) is 12.8. The maximum absolute atomic E-state index is 12.6. The maximum Gasteiger partial charge on any atom is 0.229 e. The molecule has 3 nitrogen and oxygen atoms in total. The molecule has 2 aromatic rings. The van der Waals surface area contributed by atoms with Crippen LogP contribution in [0, 0.1) is 0 Å². The normalized spacial score (nSPS) is 26.2. The lowest BCUT2D eigenvalue weighted by Crippen LogP contribution is -2.45. The molecule has 2 aliphatic rings. The van der Waals surface area contributed by atoms with Crippen LogP contribution in [0.2, 0.25) is 5.02 Å². The minimum atomic E-state index is -0.0421. The molecular formula is C18H19ClN2OS. The molecule has 1 amide bonds. The number of carbonyl (C=O) groups excluding carboxylic acids is 1. The molecule has 1 aromatic carbocycles. The summed E-state index contributed by atoms with van der Waals surface area (Å²) in [4.78, 5) is 18.3. The van der Waals surface area contributed by atoms with Crippen LogP contribution in [0.4, 0.5) is 0 Å². The average Bonchev–Trinajstić information content (AvgIpc) is 3.00. The van der Waals surface area contributed by atoms with Gasteiger partial charge in [-0.05, 0) is 55.7 Å². The van der Waals surface area contributed by atoms with E-state index in [2.05, 4.69) is 22.4 Å². The third kappa shape index (κ3) is 3.02. The number of fused-ring (bicyclic) bond motifs is 1. The van der Waals surface area contributed by atoms with Crippen molar-refractivity contribution in [2.75, 3.05) is 0 Å². The monoisotopic (exact) mass is 346 g/mol. The van der Waals surface area contributed by atoms with Gasteiger partial charge in [0.25, 0.3) is 0 Å². The topological polar surface area (TPSA) is 42.0 Å². The molecule has 1 fully saturated rings. The van der Waals surface area contributed by atoms with E-state index in [1.54, 1.807) is 11.3 Å². The maximum atomic E-state index is 12.6. The lowest BCUT2D eigenvalue weighted by Gasteiger charge is -2.37. The number of hydrogen-bond donors (Lipinski definition) is 1. The number of aromatic nitrogens is 1. The Balaban J connectivity index is 1.34. The molecule has 1 saturated carbocycles. The highest BCUT2D eigenvalue weighted by Crippen LogP contribution is 2.38. The molecule has 1 unspecified atom stereocenters. The molecule has 5 heteroatoms. The van der Waals surface area contributed by atoms with Crippen LogP contribution >= 0.6 is 22.9 Å². The van der Waals surface area contributed by atoms with Gasteiger partial charge in [-0.3, -0.25) is 4.79 Å². The van der Waals surface area contributed by atoms with Gasteiger partial charge < -0.3 is 5.32 Å². The quantitative estimate of drug-likeness (QED) is 0.901. The summed E-state index contributed by atoms with van der Waals surface area (Å²) in [5.74, 6) is 0.662. The fraction of sp³-hybridized carbons (Fsp3) is 0.444. The van der Waals surface area contributed by atoms with Crippen molar-refractivity contribution in [3.05, 3.63) is 50.9 Å². The van der Waals surface area contributed by atoms with E-state index < -0.39 is 0 Å². The van der Waals surface area contributed by atoms with Gasteiger partial charge in [-0.2, -0.15) is 0 Å². The summed E-state index contributed by atoms with van der Waals surface area (Å²) < 4.78 is 0. The van der Waals surface area contributed by atoms with Gasteiger partial charge in [-0.1, -0.05) is 23.7 Å². The number of aryl methyl sites for hydroxylation is 1. The minimum Gasteiger partial charge on any atom is -0.353 e. The van der Waals surface area contributed by atoms with Crippen LogP contribution in [-0.4, -0.2) is 16.9 Å². The minimum absolute atomic E-state index is 0.0421. The van der Waals surface area contributed by atoms with Crippen LogP contribution in [0.5, 0.6) is 0 Å². The van der Waals surface area contributed by atoms with Gasteiger partial charge in [0, 0.05) is 15.9 Å². The van der Waals surface area contributed by atoms with E-state index in [0.717, 1.165) is 42.8 Å². The highest BCUT2D eigenvalue weighted by atomic mass is 35.5. The van der Waals surface area contributed by atoms with Crippen molar-refractivity contribution in [1.82, 2.24) is 10.3 Å². The van der Waals surface area contributed by atoms with Crippen molar-refractivity contribution in [2.45, 2.75) is 50.0 Å². The van der Waals surface area contributed by atoms with Crippen molar-refractivity contribution in [3.8, 4) is 0 Å². The highest BCUT2D eigenvalue weighted by molar-refractivity contribution is 7.09. The Kier molecular flexibility index (Phi) is 4.12. The van der Waals surface area contributed by atoms with E-state index >= 15 is 0 Å². The number of carbonyl (C=O) groups is 1. The highest BCUT2D eigenvalue weighted by Gasteiger charge is 2.35. The third-order valence-electron chi connectivity index (χ3n) is 5.04. The van der Waals surface area contributed by atoms with Crippen LogP contribution in [0.15, 0.2) is 29.8 Å². The molecule has 23 heavy (non-hydrogen) atoms. The first kappa shape index (κ1) is 15.2. The third-order valence-corrected chi connectivity index (χ3v) is 6.20. The van der Waals surface area contributed by atoms with Gasteiger partial charge in [0.2, 0.25) is 5.91 Å². The van der Waals surface area contributed by atoms with Crippen molar-refractivity contribution < 1.29 is 4.79 Å². The van der Waals surface area contributed by atoms with E-state index in [1.165, 1.54) is 10.4 Å². The van der Waals surface area contributed by atoms with Crippen molar-refractivity contribution >= 4 is 28.8 Å². The first-order valence-electron chi connectivity index (χ1n) is 8.19. The number of halogens is 1. The Bertz CT molecular complexity index is 706. The number of rotatable bonds is 3. The summed E-state index contributed by atoms with van der Waals surface area (Å²) in [5.41, 5.74) is 4.21. The lowest BCUT2D eigenvalue weighted by atomic mass is 9.75. The number of hydrogen-bond acceptors (Lipinski definition) is 3. The van der Waals surface area contributed by atoms with E-state index in [1.807, 2.05) is 17.6 Å². The second-order valence-corrected chi connectivity index (χ2v) is 7.91. The number of amides is 1. The SMILES string of the molecule is O=C(NC1CC(c2ccc(Cl)cc2)C1)C1CCCc2scnc21. The Morgan fingerprint density at radius 1 is 1.26 bits per heavy atom. The fourth-order valence-corrected chi connectivity index (χ4v) is 4.65. The Labute approximate surface area is 145 Å². The molecule has 2 aliphatic carbocycles. The zero-order valence-corrected chi connectivity index (χ0v) is 14.4. The fourth-order valence-electron chi connectivity index (χ4n) is 3.65. The van der Waals surface area contributed by atoms with Crippen LogP contribution < -0.4 is 5.32 Å². The Hall–Kier alpha value is -1.39. The zero-order chi connectivity index (χ0) is 15.8. The lowest BCUT2D eigenvalue weighted by molar-refractivity contribution is -0.124. The molecule has 1 heterocycles. The molecule has 0 saturated heterocycles. The summed E-state index contributed by atoms with van der Waals surface area (Å²) in [7, 11) is 0. The standard InChI is InChI=1S/C18H19ClN2OS/c19-13-6-4-11(5-7-13)12-8-14(9-12)21-18(22)15-2-1-3-16-17(15)20-10-23-16/h4-7,10,12,14-15H,1-3,8-9H2,(H,21,22). The van der Waals surface area contributed by atoms with Crippen LogP contribution in [0.3, 0.4) is 0 Å². The van der Waals surface area contributed by atoms with E-state index in [0.29, 0.717) is 12.0 Å². The molecule has 0 bridgehead atoms. The van der Waals surface area contributed by atoms with E-state index in [9.17, 15) is 4.79 Å². The van der Waals surface area contributed by atoms with Crippen LogP contribution in [0.1, 0.15) is 53.7 Å². The Morgan fingerprint density at radius 3 is 2.83 bits per heavy atom. The van der Waals surface area contributed by atoms with Crippen LogP contribution in [-0.2, 0) is 11.2 Å². The molecule has 1 atom stereocenters. The molecular weight excluding hydrogens is 328 g/mol. The summed E-state index contributed by atoms with van der Waals surface area (Å²) >= 11 is 7.61. The first-order chi connectivity index (χ1) is 11.2. The van der Waals surface area contributed by atoms with Gasteiger partial charge in [-0.15, -0.1) is 11.3 Å². The second kappa shape index (κ2) is 6.25. The summed E-state index contributed by atoms with van der Waals surface area (Å²) in [6.45, 7) is 0. The number of benzene rings is 1. The summed E-state index contributed by atoms with van der Waals surface area (Å²) in [6.07, 6.45) is 5.13. The average molecular weight is 347 g/mol. The predicted octanol–water partition coefficient (Wildman–Crippen LogP) is 4.28. The molecule has 0 radical (unpaired) electrons. The van der Waals surface area contributed by atoms with Gasteiger partial charge in [0.05, 0.1) is 17.1 Å². The second-order valence-electron chi connectivity index (χ2n) is 6.53. The molecule has 0 spiro atoms. The van der Waals surface area contributed by atoms with Gasteiger partial charge in [0.15, 0.2) is 0 Å². The van der Waals surface area contributed by atoms with Crippen molar-refractivity contribution in [1.29, 1.82) is 0 Å². The smallest absolute Gasteiger partial charge is 0.229 e. The van der Waals surface area contributed by atoms with E-state index in [4.69, 9.17) is 11.6 Å². The first-order valence-corrected chi connectivity index (χ1v) is 9.44. The van der Waals surface area contributed by atoms with Gasteiger partial charge in [0.1, 0.15) is 0 Å². The van der Waals surface area contributed by atoms with Gasteiger partial charge >= 0.3 is 0 Å². The van der Waals surface area contributed by atoms with Crippen LogP contribution in [0.25, 0.3) is 0 Å². The Morgan fingerprint density at radius 2 is 2.04 bits per heavy atom. The molecule has 1 aromatic heterocycles. The van der Waals surface area contributed by atoms with Crippen molar-refractivity contribution in [3.63, 3.8) is 0 Å². The number of nitrogens with one attached hydrogen (secondary N) is 1. The largest absolute Gasteiger partial charge is 0.353 e. The molecule has 1 N–H and O–H groups in total. The summed E-state index contributed by atoms with van der Waals surface area (Å²) in [6, 6.07) is 8.36. The molecule has 4 rings (SSSR count). The predicted molar refractivity (Wildman–Crippen MR) is 93.2 cm³/mol. The molecule has 0 aliphatic heterocycles. The van der Waals surface area contributed by atoms with Crippen molar-refractivity contribution in [2.24, 2.45) is 0 Å². The summed E-state index contributed by atoms with van der Waals surface area (Å²) in [5, 5.41) is 4.00. The number of nitrogens with zero attached hydrogens (tertiary/aromatic N) is 1. The van der Waals surface area contributed by atoms with E-state index in [-0.39, 0.29) is 11.8 Å².